The van der Waals surface area contributed by atoms with Crippen molar-refractivity contribution in [3.8, 4) is 0 Å². The van der Waals surface area contributed by atoms with Gasteiger partial charge in [-0.2, -0.15) is 0 Å². The van der Waals surface area contributed by atoms with E-state index < -0.39 is 0 Å². The standard InChI is InChI=1S/C18H18BrN3O3/c19-14-4-3-5-15(12-14)20-18(23)13-8-10-21(11-9-13)16-6-1-2-7-17(16)22(24)25/h1-7,12-13H,8-11H2,(H,20,23). The predicted molar refractivity (Wildman–Crippen MR) is 101 cm³/mol. The van der Waals surface area contributed by atoms with Gasteiger partial charge in [-0.05, 0) is 37.1 Å². The molecule has 1 saturated heterocycles. The number of hydrogen-bond acceptors (Lipinski definition) is 4. The van der Waals surface area contributed by atoms with Gasteiger partial charge in [0, 0.05) is 35.2 Å². The fourth-order valence-corrected chi connectivity index (χ4v) is 3.48. The van der Waals surface area contributed by atoms with Gasteiger partial charge in [0.05, 0.1) is 4.92 Å². The SMILES string of the molecule is O=C(Nc1cccc(Br)c1)C1CCN(c2ccccc2[N+](=O)[O-])CC1. The van der Waals surface area contributed by atoms with E-state index in [-0.39, 0.29) is 22.4 Å². The quantitative estimate of drug-likeness (QED) is 0.612. The number of carbonyl (C=O) groups is 1. The van der Waals surface area contributed by atoms with E-state index >= 15 is 0 Å². The molecule has 25 heavy (non-hydrogen) atoms. The van der Waals surface area contributed by atoms with Crippen LogP contribution in [-0.4, -0.2) is 23.9 Å². The molecular formula is C18H18BrN3O3. The molecule has 1 heterocycles. The number of halogens is 1. The van der Waals surface area contributed by atoms with E-state index in [2.05, 4.69) is 21.2 Å². The molecule has 0 aromatic heterocycles. The fraction of sp³-hybridized carbons (Fsp3) is 0.278. The van der Waals surface area contributed by atoms with Gasteiger partial charge in [-0.15, -0.1) is 0 Å². The average Bonchev–Trinajstić information content (AvgIpc) is 2.62. The molecule has 1 N–H and O–H groups in total. The molecule has 2 aromatic carbocycles. The molecule has 0 atom stereocenters. The number of carbonyl (C=O) groups excluding carboxylic acids is 1. The maximum Gasteiger partial charge on any atom is 0.292 e. The summed E-state index contributed by atoms with van der Waals surface area (Å²) in [4.78, 5) is 25.2. The van der Waals surface area contributed by atoms with E-state index in [1.807, 2.05) is 29.2 Å². The van der Waals surface area contributed by atoms with Crippen LogP contribution in [0.5, 0.6) is 0 Å². The van der Waals surface area contributed by atoms with Crippen molar-refractivity contribution in [2.24, 2.45) is 5.92 Å². The van der Waals surface area contributed by atoms with Gasteiger partial charge in [-0.25, -0.2) is 0 Å². The van der Waals surface area contributed by atoms with Gasteiger partial charge in [0.25, 0.3) is 5.69 Å². The Kier molecular flexibility index (Phi) is 5.33. The van der Waals surface area contributed by atoms with Crippen LogP contribution in [0.1, 0.15) is 12.8 Å². The van der Waals surface area contributed by atoms with Crippen molar-refractivity contribution in [3.63, 3.8) is 0 Å². The van der Waals surface area contributed by atoms with Gasteiger partial charge in [0.1, 0.15) is 5.69 Å². The zero-order valence-electron chi connectivity index (χ0n) is 13.5. The second-order valence-electron chi connectivity index (χ2n) is 6.01. The Hall–Kier alpha value is -2.41. The molecule has 1 fully saturated rings. The van der Waals surface area contributed by atoms with Crippen molar-refractivity contribution in [3.05, 3.63) is 63.1 Å². The van der Waals surface area contributed by atoms with E-state index in [4.69, 9.17) is 0 Å². The summed E-state index contributed by atoms with van der Waals surface area (Å²) in [6.45, 7) is 1.25. The maximum absolute atomic E-state index is 12.4. The van der Waals surface area contributed by atoms with Gasteiger partial charge >= 0.3 is 0 Å². The van der Waals surface area contributed by atoms with Crippen LogP contribution in [-0.2, 0) is 4.79 Å². The van der Waals surface area contributed by atoms with Crippen LogP contribution in [0.4, 0.5) is 17.1 Å². The van der Waals surface area contributed by atoms with E-state index in [1.54, 1.807) is 18.2 Å². The van der Waals surface area contributed by atoms with Crippen molar-refractivity contribution < 1.29 is 9.72 Å². The normalized spacial score (nSPS) is 15.0. The third kappa shape index (κ3) is 4.17. The lowest BCUT2D eigenvalue weighted by atomic mass is 9.95. The molecule has 0 bridgehead atoms. The first-order valence-electron chi connectivity index (χ1n) is 8.09. The first-order chi connectivity index (χ1) is 12.0. The van der Waals surface area contributed by atoms with Crippen LogP contribution in [0.25, 0.3) is 0 Å². The summed E-state index contributed by atoms with van der Waals surface area (Å²) >= 11 is 3.39. The van der Waals surface area contributed by atoms with Crippen LogP contribution in [0.15, 0.2) is 53.0 Å². The Morgan fingerprint density at radius 2 is 1.88 bits per heavy atom. The Bertz CT molecular complexity index is 789. The smallest absolute Gasteiger partial charge is 0.292 e. The number of hydrogen-bond donors (Lipinski definition) is 1. The molecule has 0 spiro atoms. The minimum Gasteiger partial charge on any atom is -0.366 e. The summed E-state index contributed by atoms with van der Waals surface area (Å²) in [5, 5.41) is 14.1. The highest BCUT2D eigenvalue weighted by atomic mass is 79.9. The lowest BCUT2D eigenvalue weighted by Gasteiger charge is -2.32. The molecule has 130 valence electrons. The lowest BCUT2D eigenvalue weighted by molar-refractivity contribution is -0.384. The second kappa shape index (κ2) is 7.65. The number of nitro groups is 1. The summed E-state index contributed by atoms with van der Waals surface area (Å²) < 4.78 is 0.913. The predicted octanol–water partition coefficient (Wildman–Crippen LogP) is 4.21. The zero-order valence-corrected chi connectivity index (χ0v) is 15.1. The van der Waals surface area contributed by atoms with Crippen LogP contribution < -0.4 is 10.2 Å². The van der Waals surface area contributed by atoms with Crippen LogP contribution >= 0.6 is 15.9 Å². The molecule has 3 rings (SSSR count). The molecule has 0 unspecified atom stereocenters. The number of nitro benzene ring substituents is 1. The molecule has 1 aliphatic heterocycles. The molecule has 0 aliphatic carbocycles. The van der Waals surface area contributed by atoms with Crippen molar-refractivity contribution >= 4 is 38.9 Å². The molecule has 1 amide bonds. The Balaban J connectivity index is 1.62. The van der Waals surface area contributed by atoms with Crippen LogP contribution in [0.3, 0.4) is 0 Å². The van der Waals surface area contributed by atoms with Gasteiger partial charge < -0.3 is 10.2 Å². The molecule has 7 heteroatoms. The summed E-state index contributed by atoms with van der Waals surface area (Å²) in [5.41, 5.74) is 1.50. The molecule has 2 aromatic rings. The van der Waals surface area contributed by atoms with Crippen LogP contribution in [0, 0.1) is 16.0 Å². The number of nitrogens with zero attached hydrogens (tertiary/aromatic N) is 2. The van der Waals surface area contributed by atoms with E-state index in [0.717, 1.165) is 10.2 Å². The third-order valence-electron chi connectivity index (χ3n) is 4.38. The lowest BCUT2D eigenvalue weighted by Crippen LogP contribution is -2.38. The van der Waals surface area contributed by atoms with Crippen LogP contribution in [0.2, 0.25) is 0 Å². The maximum atomic E-state index is 12.4. The molecule has 6 nitrogen and oxygen atoms in total. The largest absolute Gasteiger partial charge is 0.366 e. The van der Waals surface area contributed by atoms with Gasteiger partial charge in [0.15, 0.2) is 0 Å². The van der Waals surface area contributed by atoms with Crippen molar-refractivity contribution in [2.75, 3.05) is 23.3 Å². The van der Waals surface area contributed by atoms with Gasteiger partial charge in [-0.1, -0.05) is 34.1 Å². The number of benzene rings is 2. The molecular weight excluding hydrogens is 386 g/mol. The first-order valence-corrected chi connectivity index (χ1v) is 8.88. The molecule has 0 saturated carbocycles. The monoisotopic (exact) mass is 403 g/mol. The average molecular weight is 404 g/mol. The third-order valence-corrected chi connectivity index (χ3v) is 4.87. The number of rotatable bonds is 4. The number of amides is 1. The first kappa shape index (κ1) is 17.4. The minimum atomic E-state index is -0.360. The van der Waals surface area contributed by atoms with Gasteiger partial charge in [-0.3, -0.25) is 14.9 Å². The minimum absolute atomic E-state index is 0.000288. The highest BCUT2D eigenvalue weighted by Crippen LogP contribution is 2.31. The Morgan fingerprint density at radius 3 is 2.56 bits per heavy atom. The topological polar surface area (TPSA) is 75.5 Å². The fourth-order valence-electron chi connectivity index (χ4n) is 3.08. The van der Waals surface area contributed by atoms with Gasteiger partial charge in [0.2, 0.25) is 5.91 Å². The summed E-state index contributed by atoms with van der Waals surface area (Å²) in [6, 6.07) is 14.2. The van der Waals surface area contributed by atoms with Crippen molar-refractivity contribution in [1.29, 1.82) is 0 Å². The number of para-hydroxylation sites is 2. The van der Waals surface area contributed by atoms with E-state index in [1.165, 1.54) is 6.07 Å². The van der Waals surface area contributed by atoms with Crippen molar-refractivity contribution in [2.45, 2.75) is 12.8 Å². The Morgan fingerprint density at radius 1 is 1.16 bits per heavy atom. The van der Waals surface area contributed by atoms with E-state index in [9.17, 15) is 14.9 Å². The highest BCUT2D eigenvalue weighted by molar-refractivity contribution is 9.10. The highest BCUT2D eigenvalue weighted by Gasteiger charge is 2.28. The zero-order chi connectivity index (χ0) is 17.8. The summed E-state index contributed by atoms with van der Waals surface area (Å²) in [6.07, 6.45) is 1.35. The van der Waals surface area contributed by atoms with Crippen molar-refractivity contribution in [1.82, 2.24) is 0 Å². The summed E-state index contributed by atoms with van der Waals surface area (Å²) in [5.74, 6) is -0.0849. The Labute approximate surface area is 154 Å². The summed E-state index contributed by atoms with van der Waals surface area (Å²) in [7, 11) is 0. The van der Waals surface area contributed by atoms with E-state index in [0.29, 0.717) is 31.6 Å². The molecule has 1 aliphatic rings. The second-order valence-corrected chi connectivity index (χ2v) is 6.92. The number of piperidine rings is 1. The number of anilines is 2. The number of nitrogens with one attached hydrogen (secondary N) is 1. The molecule has 0 radical (unpaired) electrons.